The molecule has 2 unspecified atom stereocenters. The molecule has 2 rings (SSSR count). The van der Waals surface area contributed by atoms with E-state index in [4.69, 9.17) is 4.98 Å². The summed E-state index contributed by atoms with van der Waals surface area (Å²) >= 11 is 1.98. The number of aromatic nitrogens is 2. The largest absolute Gasteiger partial charge is 0.370 e. The van der Waals surface area contributed by atoms with Crippen molar-refractivity contribution in [3.05, 3.63) is 11.4 Å². The molecule has 1 N–H and O–H groups in total. The van der Waals surface area contributed by atoms with E-state index in [0.29, 0.717) is 0 Å². The van der Waals surface area contributed by atoms with E-state index in [-0.39, 0.29) is 0 Å². The summed E-state index contributed by atoms with van der Waals surface area (Å²) in [7, 11) is 0. The maximum absolute atomic E-state index is 4.84. The SMILES string of the molecule is CCCc1nc(NCC)c(C)c(SC2CCCC(C)C2)n1. The van der Waals surface area contributed by atoms with Crippen molar-refractivity contribution < 1.29 is 0 Å². The van der Waals surface area contributed by atoms with E-state index in [0.717, 1.165) is 42.2 Å². The number of hydrogen-bond acceptors (Lipinski definition) is 4. The van der Waals surface area contributed by atoms with Gasteiger partial charge in [-0.05, 0) is 39.0 Å². The molecule has 1 aromatic rings. The molecule has 0 radical (unpaired) electrons. The van der Waals surface area contributed by atoms with Gasteiger partial charge in [-0.15, -0.1) is 11.8 Å². The summed E-state index contributed by atoms with van der Waals surface area (Å²) in [4.78, 5) is 9.52. The first kappa shape index (κ1) is 16.6. The molecule has 0 aliphatic heterocycles. The van der Waals surface area contributed by atoms with E-state index in [1.165, 1.54) is 36.3 Å². The quantitative estimate of drug-likeness (QED) is 0.763. The number of nitrogens with zero attached hydrogens (tertiary/aromatic N) is 2. The first-order chi connectivity index (χ1) is 10.1. The van der Waals surface area contributed by atoms with Crippen molar-refractivity contribution >= 4 is 17.6 Å². The molecule has 0 spiro atoms. The van der Waals surface area contributed by atoms with Crippen LogP contribution in [0.2, 0.25) is 0 Å². The highest BCUT2D eigenvalue weighted by molar-refractivity contribution is 7.99. The highest BCUT2D eigenvalue weighted by atomic mass is 32.2. The van der Waals surface area contributed by atoms with Crippen LogP contribution in [-0.2, 0) is 6.42 Å². The van der Waals surface area contributed by atoms with Gasteiger partial charge in [-0.3, -0.25) is 0 Å². The Morgan fingerprint density at radius 2 is 2.05 bits per heavy atom. The predicted octanol–water partition coefficient (Wildman–Crippen LogP) is 4.84. The van der Waals surface area contributed by atoms with Crippen LogP contribution in [0.5, 0.6) is 0 Å². The fourth-order valence-corrected chi connectivity index (χ4v) is 4.43. The third kappa shape index (κ3) is 4.60. The molecule has 21 heavy (non-hydrogen) atoms. The highest BCUT2D eigenvalue weighted by Crippen LogP contribution is 2.37. The van der Waals surface area contributed by atoms with E-state index in [2.05, 4.69) is 38.0 Å². The Balaban J connectivity index is 2.19. The van der Waals surface area contributed by atoms with Crippen LogP contribution in [-0.4, -0.2) is 21.8 Å². The lowest BCUT2D eigenvalue weighted by Gasteiger charge is -2.26. The maximum atomic E-state index is 4.84. The van der Waals surface area contributed by atoms with Crippen LogP contribution in [0.3, 0.4) is 0 Å². The second-order valence-corrected chi connectivity index (χ2v) is 7.50. The van der Waals surface area contributed by atoms with Gasteiger partial charge < -0.3 is 5.32 Å². The first-order valence-electron chi connectivity index (χ1n) is 8.42. The average molecular weight is 308 g/mol. The minimum atomic E-state index is 0.728. The number of thioether (sulfide) groups is 1. The Morgan fingerprint density at radius 3 is 2.71 bits per heavy atom. The number of anilines is 1. The van der Waals surface area contributed by atoms with Gasteiger partial charge in [-0.1, -0.05) is 26.7 Å². The zero-order valence-electron chi connectivity index (χ0n) is 13.9. The van der Waals surface area contributed by atoms with Crippen LogP contribution in [0.1, 0.15) is 64.3 Å². The van der Waals surface area contributed by atoms with E-state index in [1.807, 2.05) is 11.8 Å². The molecule has 2 atom stereocenters. The normalized spacial score (nSPS) is 22.3. The minimum absolute atomic E-state index is 0.728. The fraction of sp³-hybridized carbons (Fsp3) is 0.765. The van der Waals surface area contributed by atoms with Crippen LogP contribution in [0.15, 0.2) is 5.03 Å². The molecule has 0 bridgehead atoms. The zero-order chi connectivity index (χ0) is 15.2. The maximum Gasteiger partial charge on any atom is 0.133 e. The van der Waals surface area contributed by atoms with Crippen LogP contribution in [0, 0.1) is 12.8 Å². The lowest BCUT2D eigenvalue weighted by molar-refractivity contribution is 0.394. The number of aryl methyl sites for hydroxylation is 1. The zero-order valence-corrected chi connectivity index (χ0v) is 14.7. The van der Waals surface area contributed by atoms with Crippen molar-refractivity contribution in [3.8, 4) is 0 Å². The minimum Gasteiger partial charge on any atom is -0.370 e. The van der Waals surface area contributed by atoms with Crippen LogP contribution >= 0.6 is 11.8 Å². The molecule has 1 heterocycles. The van der Waals surface area contributed by atoms with Crippen molar-refractivity contribution in [1.82, 2.24) is 9.97 Å². The smallest absolute Gasteiger partial charge is 0.133 e. The molecule has 0 amide bonds. The van der Waals surface area contributed by atoms with Gasteiger partial charge in [0.1, 0.15) is 16.7 Å². The molecule has 1 fully saturated rings. The number of nitrogens with one attached hydrogen (secondary N) is 1. The monoisotopic (exact) mass is 307 g/mol. The molecule has 4 heteroatoms. The topological polar surface area (TPSA) is 37.8 Å². The summed E-state index contributed by atoms with van der Waals surface area (Å²) in [5, 5.41) is 5.32. The molecule has 3 nitrogen and oxygen atoms in total. The number of hydrogen-bond donors (Lipinski definition) is 1. The van der Waals surface area contributed by atoms with Crippen molar-refractivity contribution in [2.75, 3.05) is 11.9 Å². The van der Waals surface area contributed by atoms with Gasteiger partial charge in [0, 0.05) is 23.8 Å². The Labute approximate surface area is 133 Å². The van der Waals surface area contributed by atoms with Gasteiger partial charge in [-0.2, -0.15) is 0 Å². The van der Waals surface area contributed by atoms with Gasteiger partial charge in [0.25, 0.3) is 0 Å². The first-order valence-corrected chi connectivity index (χ1v) is 9.30. The summed E-state index contributed by atoms with van der Waals surface area (Å²) in [5.74, 6) is 2.88. The van der Waals surface area contributed by atoms with E-state index in [9.17, 15) is 0 Å². The molecule has 1 aliphatic rings. The molecule has 0 aromatic carbocycles. The molecule has 118 valence electrons. The molecular formula is C17H29N3S. The van der Waals surface area contributed by atoms with Gasteiger partial charge >= 0.3 is 0 Å². The third-order valence-electron chi connectivity index (χ3n) is 4.13. The van der Waals surface area contributed by atoms with Crippen molar-refractivity contribution in [3.63, 3.8) is 0 Å². The highest BCUT2D eigenvalue weighted by Gasteiger charge is 2.22. The van der Waals surface area contributed by atoms with Crippen LogP contribution in [0.4, 0.5) is 5.82 Å². The Morgan fingerprint density at radius 1 is 1.24 bits per heavy atom. The molecule has 1 aromatic heterocycles. The molecular weight excluding hydrogens is 278 g/mol. The summed E-state index contributed by atoms with van der Waals surface area (Å²) in [6.45, 7) is 9.75. The van der Waals surface area contributed by atoms with Gasteiger partial charge in [-0.25, -0.2) is 9.97 Å². The van der Waals surface area contributed by atoms with Crippen molar-refractivity contribution in [1.29, 1.82) is 0 Å². The molecule has 0 saturated heterocycles. The Kier molecular flexibility index (Phi) is 6.34. The second-order valence-electron chi connectivity index (χ2n) is 6.21. The molecule has 1 aliphatic carbocycles. The Bertz CT molecular complexity index is 462. The van der Waals surface area contributed by atoms with Crippen molar-refractivity contribution in [2.24, 2.45) is 5.92 Å². The van der Waals surface area contributed by atoms with E-state index >= 15 is 0 Å². The van der Waals surface area contributed by atoms with E-state index in [1.54, 1.807) is 0 Å². The lowest BCUT2D eigenvalue weighted by atomic mass is 9.91. The second kappa shape index (κ2) is 8.02. The summed E-state index contributed by atoms with van der Waals surface area (Å²) < 4.78 is 0. The summed E-state index contributed by atoms with van der Waals surface area (Å²) in [5.41, 5.74) is 1.22. The van der Waals surface area contributed by atoms with E-state index < -0.39 is 0 Å². The van der Waals surface area contributed by atoms with Crippen molar-refractivity contribution in [2.45, 2.75) is 76.5 Å². The van der Waals surface area contributed by atoms with Gasteiger partial charge in [0.2, 0.25) is 0 Å². The van der Waals surface area contributed by atoms with Crippen LogP contribution < -0.4 is 5.32 Å². The molecule has 1 saturated carbocycles. The fourth-order valence-electron chi connectivity index (χ4n) is 2.97. The van der Waals surface area contributed by atoms with Gasteiger partial charge in [0.05, 0.1) is 0 Å². The Hall–Kier alpha value is -0.770. The third-order valence-corrected chi connectivity index (χ3v) is 5.51. The predicted molar refractivity (Wildman–Crippen MR) is 92.2 cm³/mol. The number of rotatable bonds is 6. The summed E-state index contributed by atoms with van der Waals surface area (Å²) in [6.07, 6.45) is 7.48. The lowest BCUT2D eigenvalue weighted by Crippen LogP contribution is -2.16. The van der Waals surface area contributed by atoms with Gasteiger partial charge in [0.15, 0.2) is 0 Å². The standard InChI is InChI=1S/C17H29N3S/c1-5-8-15-19-16(18-6-2)13(4)17(20-15)21-14-10-7-9-12(3)11-14/h12,14H,5-11H2,1-4H3,(H,18,19,20). The van der Waals surface area contributed by atoms with Crippen LogP contribution in [0.25, 0.3) is 0 Å². The average Bonchev–Trinajstić information content (AvgIpc) is 2.44. The summed E-state index contributed by atoms with van der Waals surface area (Å²) in [6, 6.07) is 0.